The number of rotatable bonds is 6. The standard InChI is InChI=1S/C30H34BrN3O4/c1-19(32-2)28(35)33-27-29(36)34(18-24-23-10-9-22(31)16-20(23)8-11-26(24)37-3)25-7-5-4-6-21(25)17-30(27)12-14-38-15-13-30/h4-11,16,19,27,32H,12-15,17-18H2,1-3H3,(H,33,35)/t19-,27?/m0/s1. The third-order valence-corrected chi connectivity index (χ3v) is 8.63. The SMILES string of the molecule is CN[C@@H](C)C(=O)NC1C(=O)N(Cc2c(OC)ccc3cc(Br)ccc23)c2ccccc2CC12CCOCC2. The van der Waals surface area contributed by atoms with E-state index in [2.05, 4.69) is 44.8 Å². The predicted molar refractivity (Wildman–Crippen MR) is 152 cm³/mol. The minimum atomic E-state index is -0.683. The second kappa shape index (κ2) is 11.0. The van der Waals surface area contributed by atoms with Gasteiger partial charge in [0.15, 0.2) is 0 Å². The first-order chi connectivity index (χ1) is 18.4. The maximum absolute atomic E-state index is 14.6. The van der Waals surface area contributed by atoms with Crippen LogP contribution in [0.25, 0.3) is 10.8 Å². The number of nitrogens with one attached hydrogen (secondary N) is 2. The van der Waals surface area contributed by atoms with Crippen molar-refractivity contribution in [2.45, 2.75) is 44.8 Å². The number of amides is 2. The van der Waals surface area contributed by atoms with Gasteiger partial charge in [-0.25, -0.2) is 0 Å². The molecule has 2 aliphatic rings. The quantitative estimate of drug-likeness (QED) is 0.446. The molecular weight excluding hydrogens is 546 g/mol. The van der Waals surface area contributed by atoms with Gasteiger partial charge in [0.2, 0.25) is 11.8 Å². The zero-order valence-corrected chi connectivity index (χ0v) is 23.6. The second-order valence-corrected chi connectivity index (χ2v) is 11.2. The first-order valence-electron chi connectivity index (χ1n) is 13.1. The fraction of sp³-hybridized carbons (Fsp3) is 0.400. The molecule has 8 heteroatoms. The van der Waals surface area contributed by atoms with E-state index in [1.165, 1.54) is 0 Å². The molecule has 2 amide bonds. The number of nitrogens with zero attached hydrogens (tertiary/aromatic N) is 1. The lowest BCUT2D eigenvalue weighted by atomic mass is 9.69. The third-order valence-electron chi connectivity index (χ3n) is 8.14. The summed E-state index contributed by atoms with van der Waals surface area (Å²) in [4.78, 5) is 29.6. The van der Waals surface area contributed by atoms with Crippen LogP contribution in [0.4, 0.5) is 5.69 Å². The summed E-state index contributed by atoms with van der Waals surface area (Å²) in [5, 5.41) is 8.24. The second-order valence-electron chi connectivity index (χ2n) is 10.3. The van der Waals surface area contributed by atoms with Crippen LogP contribution in [0.5, 0.6) is 5.75 Å². The van der Waals surface area contributed by atoms with E-state index in [0.717, 1.165) is 37.8 Å². The Hall–Kier alpha value is -2.94. The van der Waals surface area contributed by atoms with Crippen LogP contribution in [0.15, 0.2) is 59.1 Å². The largest absolute Gasteiger partial charge is 0.496 e. The zero-order chi connectivity index (χ0) is 26.9. The predicted octanol–water partition coefficient (Wildman–Crippen LogP) is 4.59. The van der Waals surface area contributed by atoms with Crippen molar-refractivity contribution in [1.82, 2.24) is 10.6 Å². The Morgan fingerprint density at radius 2 is 1.95 bits per heavy atom. The number of halogens is 1. The Kier molecular flexibility index (Phi) is 7.75. The van der Waals surface area contributed by atoms with Gasteiger partial charge < -0.3 is 25.0 Å². The van der Waals surface area contributed by atoms with Gasteiger partial charge in [-0.1, -0.05) is 46.3 Å². The van der Waals surface area contributed by atoms with Crippen LogP contribution in [0.3, 0.4) is 0 Å². The number of anilines is 1. The number of ether oxygens (including phenoxy) is 2. The third kappa shape index (κ3) is 4.93. The first-order valence-corrected chi connectivity index (χ1v) is 13.9. The molecular formula is C30H34BrN3O4. The van der Waals surface area contributed by atoms with Crippen molar-refractivity contribution in [3.8, 4) is 5.75 Å². The molecule has 7 nitrogen and oxygen atoms in total. The van der Waals surface area contributed by atoms with Gasteiger partial charge in [-0.05, 0) is 73.8 Å². The average Bonchev–Trinajstić information content (AvgIpc) is 3.02. The van der Waals surface area contributed by atoms with Gasteiger partial charge in [0.25, 0.3) is 0 Å². The fourth-order valence-electron chi connectivity index (χ4n) is 5.82. The average molecular weight is 581 g/mol. The van der Waals surface area contributed by atoms with Crippen molar-refractivity contribution >= 4 is 44.2 Å². The molecule has 1 unspecified atom stereocenters. The van der Waals surface area contributed by atoms with Crippen LogP contribution in [0.2, 0.25) is 0 Å². The molecule has 0 aromatic heterocycles. The van der Waals surface area contributed by atoms with Crippen LogP contribution in [0.1, 0.15) is 30.9 Å². The molecule has 2 aliphatic heterocycles. The summed E-state index contributed by atoms with van der Waals surface area (Å²) in [5.41, 5.74) is 2.47. The monoisotopic (exact) mass is 579 g/mol. The van der Waals surface area contributed by atoms with Gasteiger partial charge in [-0.3, -0.25) is 9.59 Å². The molecule has 5 rings (SSSR count). The van der Waals surface area contributed by atoms with E-state index in [9.17, 15) is 9.59 Å². The van der Waals surface area contributed by atoms with Crippen molar-refractivity contribution in [2.75, 3.05) is 32.3 Å². The molecule has 0 bridgehead atoms. The van der Waals surface area contributed by atoms with E-state index in [-0.39, 0.29) is 11.8 Å². The fourth-order valence-corrected chi connectivity index (χ4v) is 6.20. The van der Waals surface area contributed by atoms with Gasteiger partial charge in [-0.15, -0.1) is 0 Å². The number of benzene rings is 3. The normalized spacial score (nSPS) is 19.6. The zero-order valence-electron chi connectivity index (χ0n) is 22.1. The number of methoxy groups -OCH3 is 1. The number of likely N-dealkylation sites (N-methyl/N-ethyl adjacent to an activating group) is 1. The highest BCUT2D eigenvalue weighted by Gasteiger charge is 2.49. The highest BCUT2D eigenvalue weighted by molar-refractivity contribution is 9.10. The number of para-hydroxylation sites is 1. The Balaban J connectivity index is 1.64. The van der Waals surface area contributed by atoms with Crippen molar-refractivity contribution < 1.29 is 19.1 Å². The Morgan fingerprint density at radius 1 is 1.18 bits per heavy atom. The van der Waals surface area contributed by atoms with Gasteiger partial charge in [0, 0.05) is 34.4 Å². The molecule has 1 saturated heterocycles. The number of carbonyl (C=O) groups is 2. The molecule has 1 fully saturated rings. The van der Waals surface area contributed by atoms with Crippen molar-refractivity contribution in [1.29, 1.82) is 0 Å². The van der Waals surface area contributed by atoms with Crippen molar-refractivity contribution in [2.24, 2.45) is 5.41 Å². The first kappa shape index (κ1) is 26.7. The number of fused-ring (bicyclic) bond motifs is 2. The van der Waals surface area contributed by atoms with Gasteiger partial charge in [-0.2, -0.15) is 0 Å². The van der Waals surface area contributed by atoms with Crippen LogP contribution < -0.4 is 20.3 Å². The molecule has 2 N–H and O–H groups in total. The molecule has 200 valence electrons. The molecule has 0 aliphatic carbocycles. The Labute approximate surface area is 232 Å². The van der Waals surface area contributed by atoms with E-state index < -0.39 is 17.5 Å². The smallest absolute Gasteiger partial charge is 0.250 e. The summed E-state index contributed by atoms with van der Waals surface area (Å²) in [7, 11) is 3.40. The van der Waals surface area contributed by atoms with Crippen LogP contribution >= 0.6 is 15.9 Å². The Bertz CT molecular complexity index is 1350. The Morgan fingerprint density at radius 3 is 2.68 bits per heavy atom. The lowest BCUT2D eigenvalue weighted by Crippen LogP contribution is -2.60. The van der Waals surface area contributed by atoms with E-state index in [1.807, 2.05) is 41.3 Å². The summed E-state index contributed by atoms with van der Waals surface area (Å²) in [6.07, 6.45) is 2.09. The highest BCUT2D eigenvalue weighted by Crippen LogP contribution is 2.44. The van der Waals surface area contributed by atoms with E-state index in [0.29, 0.717) is 39.0 Å². The minimum Gasteiger partial charge on any atom is -0.496 e. The molecule has 2 atom stereocenters. The van der Waals surface area contributed by atoms with Gasteiger partial charge >= 0.3 is 0 Å². The van der Waals surface area contributed by atoms with Crippen LogP contribution in [-0.2, 0) is 27.3 Å². The maximum Gasteiger partial charge on any atom is 0.250 e. The molecule has 1 spiro atoms. The molecule has 38 heavy (non-hydrogen) atoms. The summed E-state index contributed by atoms with van der Waals surface area (Å²) < 4.78 is 12.5. The minimum absolute atomic E-state index is 0.107. The summed E-state index contributed by atoms with van der Waals surface area (Å²) in [6, 6.07) is 17.1. The van der Waals surface area contributed by atoms with Crippen LogP contribution in [0, 0.1) is 5.41 Å². The van der Waals surface area contributed by atoms with Crippen molar-refractivity contribution in [3.05, 3.63) is 70.2 Å². The van der Waals surface area contributed by atoms with E-state index >= 15 is 0 Å². The molecule has 0 radical (unpaired) electrons. The van der Waals surface area contributed by atoms with E-state index in [1.54, 1.807) is 21.1 Å². The number of carbonyl (C=O) groups excluding carboxylic acids is 2. The lowest BCUT2D eigenvalue weighted by molar-refractivity contribution is -0.133. The summed E-state index contributed by atoms with van der Waals surface area (Å²) in [5.74, 6) is 0.430. The molecule has 2 heterocycles. The summed E-state index contributed by atoms with van der Waals surface area (Å²) >= 11 is 3.57. The summed E-state index contributed by atoms with van der Waals surface area (Å²) in [6.45, 7) is 3.25. The molecule has 3 aromatic carbocycles. The van der Waals surface area contributed by atoms with Gasteiger partial charge in [0.05, 0.1) is 19.7 Å². The topological polar surface area (TPSA) is 79.9 Å². The highest BCUT2D eigenvalue weighted by atomic mass is 79.9. The lowest BCUT2D eigenvalue weighted by Gasteiger charge is -2.42. The van der Waals surface area contributed by atoms with Crippen LogP contribution in [-0.4, -0.2) is 51.3 Å². The molecule has 0 saturated carbocycles. The number of hydrogen-bond donors (Lipinski definition) is 2. The van der Waals surface area contributed by atoms with Crippen molar-refractivity contribution in [3.63, 3.8) is 0 Å². The maximum atomic E-state index is 14.6. The number of hydrogen-bond acceptors (Lipinski definition) is 5. The molecule has 3 aromatic rings. The van der Waals surface area contributed by atoms with Gasteiger partial charge in [0.1, 0.15) is 11.8 Å². The van der Waals surface area contributed by atoms with E-state index in [4.69, 9.17) is 9.47 Å².